The molecule has 0 aromatic carbocycles. The smallest absolute Gasteiger partial charge is 0.229 e. The van der Waals surface area contributed by atoms with Crippen molar-refractivity contribution >= 4 is 5.91 Å². The third kappa shape index (κ3) is 3.73. The number of likely N-dealkylation sites (N-methyl/N-ethyl adjacent to an activating group) is 1. The van der Waals surface area contributed by atoms with Gasteiger partial charge in [-0.3, -0.25) is 4.79 Å². The van der Waals surface area contributed by atoms with Crippen molar-refractivity contribution in [2.24, 2.45) is 11.8 Å². The molecule has 1 saturated heterocycles. The number of carbonyl (C=O) groups is 1. The molecule has 0 aromatic heterocycles. The van der Waals surface area contributed by atoms with Crippen molar-refractivity contribution in [2.45, 2.75) is 58.5 Å². The van der Waals surface area contributed by atoms with Crippen LogP contribution in [-0.2, 0) is 9.53 Å². The lowest BCUT2D eigenvalue weighted by Crippen LogP contribution is -2.49. The van der Waals surface area contributed by atoms with E-state index in [-0.39, 0.29) is 12.0 Å². The molecule has 2 rings (SSSR count). The number of carbonyl (C=O) groups excluding carboxylic acids is 1. The van der Waals surface area contributed by atoms with Crippen LogP contribution in [0.2, 0.25) is 0 Å². The normalized spacial score (nSPS) is 27.4. The maximum Gasteiger partial charge on any atom is 0.229 e. The van der Waals surface area contributed by atoms with E-state index in [0.29, 0.717) is 31.1 Å². The average molecular weight is 282 g/mol. The van der Waals surface area contributed by atoms with Crippen molar-refractivity contribution in [3.8, 4) is 0 Å². The fourth-order valence-electron chi connectivity index (χ4n) is 3.50. The first kappa shape index (κ1) is 15.8. The first-order valence-electron chi connectivity index (χ1n) is 8.25. The van der Waals surface area contributed by atoms with Crippen molar-refractivity contribution in [2.75, 3.05) is 26.3 Å². The van der Waals surface area contributed by atoms with Crippen LogP contribution >= 0.6 is 0 Å². The lowest BCUT2D eigenvalue weighted by atomic mass is 9.99. The first-order chi connectivity index (χ1) is 9.63. The van der Waals surface area contributed by atoms with Gasteiger partial charge in [-0.2, -0.15) is 0 Å². The highest BCUT2D eigenvalue weighted by molar-refractivity contribution is 5.80. The third-order valence-corrected chi connectivity index (χ3v) is 4.47. The Hall–Kier alpha value is -0.610. The number of rotatable bonds is 6. The number of hydrogen-bond donors (Lipinski definition) is 1. The average Bonchev–Trinajstić information content (AvgIpc) is 3.06. The predicted octanol–water partition coefficient (Wildman–Crippen LogP) is 2.04. The van der Waals surface area contributed by atoms with Gasteiger partial charge in [0.2, 0.25) is 5.91 Å². The first-order valence-corrected chi connectivity index (χ1v) is 8.25. The summed E-state index contributed by atoms with van der Waals surface area (Å²) in [6, 6.07) is 0.663. The van der Waals surface area contributed by atoms with Crippen LogP contribution in [0, 0.1) is 11.8 Å². The molecule has 4 heteroatoms. The Balaban J connectivity index is 2.04. The molecule has 0 aromatic rings. The van der Waals surface area contributed by atoms with Gasteiger partial charge in [-0.05, 0) is 25.3 Å². The molecular weight excluding hydrogens is 252 g/mol. The van der Waals surface area contributed by atoms with Gasteiger partial charge >= 0.3 is 0 Å². The Morgan fingerprint density at radius 2 is 2.00 bits per heavy atom. The highest BCUT2D eigenvalue weighted by Crippen LogP contribution is 2.27. The van der Waals surface area contributed by atoms with Gasteiger partial charge < -0.3 is 15.0 Å². The molecule has 1 amide bonds. The summed E-state index contributed by atoms with van der Waals surface area (Å²) >= 11 is 0. The summed E-state index contributed by atoms with van der Waals surface area (Å²) in [6.07, 6.45) is 4.89. The molecule has 0 radical (unpaired) electrons. The molecule has 2 unspecified atom stereocenters. The third-order valence-electron chi connectivity index (χ3n) is 4.47. The van der Waals surface area contributed by atoms with Gasteiger partial charge in [0.05, 0.1) is 19.1 Å². The molecule has 116 valence electrons. The summed E-state index contributed by atoms with van der Waals surface area (Å²) in [5.41, 5.74) is 0. The zero-order chi connectivity index (χ0) is 14.5. The molecule has 1 N–H and O–H groups in total. The molecule has 2 fully saturated rings. The fraction of sp³-hybridized carbons (Fsp3) is 0.938. The van der Waals surface area contributed by atoms with Crippen molar-refractivity contribution in [1.29, 1.82) is 0 Å². The summed E-state index contributed by atoms with van der Waals surface area (Å²) in [5, 5.41) is 3.40. The van der Waals surface area contributed by atoms with E-state index in [1.165, 1.54) is 25.7 Å². The van der Waals surface area contributed by atoms with E-state index in [1.807, 2.05) is 0 Å². The van der Waals surface area contributed by atoms with Gasteiger partial charge in [0.1, 0.15) is 0 Å². The number of hydrogen-bond acceptors (Lipinski definition) is 3. The van der Waals surface area contributed by atoms with Gasteiger partial charge in [0.25, 0.3) is 0 Å². The molecule has 0 bridgehead atoms. The molecule has 1 saturated carbocycles. The van der Waals surface area contributed by atoms with Crippen LogP contribution in [0.4, 0.5) is 0 Å². The Morgan fingerprint density at radius 1 is 1.30 bits per heavy atom. The van der Waals surface area contributed by atoms with E-state index in [2.05, 4.69) is 31.0 Å². The van der Waals surface area contributed by atoms with Crippen molar-refractivity contribution in [1.82, 2.24) is 10.2 Å². The Labute approximate surface area is 123 Å². The molecule has 0 spiro atoms. The molecular formula is C16H30N2O2. The van der Waals surface area contributed by atoms with Crippen LogP contribution < -0.4 is 5.32 Å². The van der Waals surface area contributed by atoms with E-state index >= 15 is 0 Å². The van der Waals surface area contributed by atoms with E-state index < -0.39 is 0 Å². The topological polar surface area (TPSA) is 41.6 Å². The maximum absolute atomic E-state index is 13.0. The molecule has 1 heterocycles. The van der Waals surface area contributed by atoms with Crippen LogP contribution in [-0.4, -0.2) is 49.2 Å². The standard InChI is InChI=1S/C16H30N2O2/c1-4-17-15-11-20-10-14(15)16(19)18(9-12(2)3)13-7-5-6-8-13/h12-15,17H,4-11H2,1-3H3. The van der Waals surface area contributed by atoms with Crippen LogP contribution in [0.1, 0.15) is 46.5 Å². The molecule has 20 heavy (non-hydrogen) atoms. The number of nitrogens with one attached hydrogen (secondary N) is 1. The van der Waals surface area contributed by atoms with Crippen LogP contribution in [0.25, 0.3) is 0 Å². The predicted molar refractivity (Wildman–Crippen MR) is 80.6 cm³/mol. The maximum atomic E-state index is 13.0. The second-order valence-corrected chi connectivity index (χ2v) is 6.63. The van der Waals surface area contributed by atoms with E-state index in [9.17, 15) is 4.79 Å². The zero-order valence-corrected chi connectivity index (χ0v) is 13.2. The molecule has 1 aliphatic carbocycles. The number of amides is 1. The van der Waals surface area contributed by atoms with Gasteiger partial charge in [-0.25, -0.2) is 0 Å². The largest absolute Gasteiger partial charge is 0.379 e. The van der Waals surface area contributed by atoms with E-state index in [0.717, 1.165) is 13.1 Å². The van der Waals surface area contributed by atoms with Gasteiger partial charge in [0, 0.05) is 18.6 Å². The minimum absolute atomic E-state index is 0.00861. The molecule has 2 atom stereocenters. The Kier molecular flexibility index (Phi) is 5.85. The van der Waals surface area contributed by atoms with Crippen molar-refractivity contribution in [3.05, 3.63) is 0 Å². The molecule has 2 aliphatic rings. The van der Waals surface area contributed by atoms with E-state index in [1.54, 1.807) is 0 Å². The minimum atomic E-state index is 0.00861. The van der Waals surface area contributed by atoms with Crippen LogP contribution in [0.3, 0.4) is 0 Å². The minimum Gasteiger partial charge on any atom is -0.379 e. The highest BCUT2D eigenvalue weighted by Gasteiger charge is 2.38. The van der Waals surface area contributed by atoms with Crippen molar-refractivity contribution in [3.63, 3.8) is 0 Å². The summed E-state index contributed by atoms with van der Waals surface area (Å²) < 4.78 is 5.55. The summed E-state index contributed by atoms with van der Waals surface area (Å²) in [4.78, 5) is 15.1. The second kappa shape index (κ2) is 7.41. The number of ether oxygens (including phenoxy) is 1. The summed E-state index contributed by atoms with van der Waals surface area (Å²) in [5.74, 6) is 0.850. The second-order valence-electron chi connectivity index (χ2n) is 6.63. The SMILES string of the molecule is CCNC1COCC1C(=O)N(CC(C)C)C1CCCC1. The highest BCUT2D eigenvalue weighted by atomic mass is 16.5. The van der Waals surface area contributed by atoms with Gasteiger partial charge in [0.15, 0.2) is 0 Å². The zero-order valence-electron chi connectivity index (χ0n) is 13.2. The lowest BCUT2D eigenvalue weighted by Gasteiger charge is -2.34. The number of nitrogens with zero attached hydrogens (tertiary/aromatic N) is 1. The molecule has 4 nitrogen and oxygen atoms in total. The van der Waals surface area contributed by atoms with Crippen molar-refractivity contribution < 1.29 is 9.53 Å². The summed E-state index contributed by atoms with van der Waals surface area (Å²) in [7, 11) is 0. The Morgan fingerprint density at radius 3 is 2.60 bits per heavy atom. The monoisotopic (exact) mass is 282 g/mol. The van der Waals surface area contributed by atoms with E-state index in [4.69, 9.17) is 4.74 Å². The van der Waals surface area contributed by atoms with Gasteiger partial charge in [-0.15, -0.1) is 0 Å². The lowest BCUT2D eigenvalue weighted by molar-refractivity contribution is -0.139. The van der Waals surface area contributed by atoms with Gasteiger partial charge in [-0.1, -0.05) is 33.6 Å². The molecule has 1 aliphatic heterocycles. The van der Waals surface area contributed by atoms with Crippen LogP contribution in [0.5, 0.6) is 0 Å². The Bertz CT molecular complexity index is 314. The van der Waals surface area contributed by atoms with Crippen LogP contribution in [0.15, 0.2) is 0 Å². The summed E-state index contributed by atoms with van der Waals surface area (Å²) in [6.45, 7) is 9.51. The quantitative estimate of drug-likeness (QED) is 0.810. The fourth-order valence-corrected chi connectivity index (χ4v) is 3.50.